The van der Waals surface area contributed by atoms with Gasteiger partial charge in [0.15, 0.2) is 0 Å². The fourth-order valence-corrected chi connectivity index (χ4v) is 4.37. The van der Waals surface area contributed by atoms with Crippen LogP contribution in [-0.4, -0.2) is 47.6 Å². The molecule has 6 heteroatoms. The summed E-state index contributed by atoms with van der Waals surface area (Å²) < 4.78 is 0. The summed E-state index contributed by atoms with van der Waals surface area (Å²) in [6.07, 6.45) is 6.78. The number of aromatic nitrogens is 2. The second-order valence-electron chi connectivity index (χ2n) is 7.45. The topological polar surface area (TPSA) is 61.4 Å². The Balaban J connectivity index is 1.70. The Morgan fingerprint density at radius 1 is 1.39 bits per heavy atom. The Labute approximate surface area is 138 Å². The van der Waals surface area contributed by atoms with Gasteiger partial charge in [-0.25, -0.2) is 9.78 Å². The number of nitrogens with zero attached hydrogens (tertiary/aromatic N) is 4. The standard InChI is InChI=1S/C17H27N5O/c1-12(2)14-17(8-5-6-9-17)11-22(14)16(23)20-15-18-10-7-13(19-15)21(3)4/h7,10,12,14H,5-6,8-9,11H2,1-4H3,(H,18,19,20,23). The number of anilines is 2. The molecule has 1 N–H and O–H groups in total. The zero-order chi connectivity index (χ0) is 16.6. The van der Waals surface area contributed by atoms with Crippen LogP contribution in [0.4, 0.5) is 16.6 Å². The molecule has 1 spiro atoms. The number of nitrogens with one attached hydrogen (secondary N) is 1. The molecule has 1 unspecified atom stereocenters. The van der Waals surface area contributed by atoms with Gasteiger partial charge in [-0.3, -0.25) is 5.32 Å². The van der Waals surface area contributed by atoms with Crippen LogP contribution in [0.3, 0.4) is 0 Å². The molecule has 1 aliphatic heterocycles. The summed E-state index contributed by atoms with van der Waals surface area (Å²) in [5, 5.41) is 2.87. The Bertz CT molecular complexity index is 580. The Morgan fingerprint density at radius 3 is 2.70 bits per heavy atom. The molecule has 1 atom stereocenters. The summed E-state index contributed by atoms with van der Waals surface area (Å²) in [5.74, 6) is 1.63. The van der Waals surface area contributed by atoms with Crippen molar-refractivity contribution >= 4 is 17.8 Å². The highest BCUT2D eigenvalue weighted by Gasteiger charge is 2.56. The summed E-state index contributed by atoms with van der Waals surface area (Å²) in [7, 11) is 3.84. The molecule has 6 nitrogen and oxygen atoms in total. The molecule has 3 rings (SSSR count). The third-order valence-corrected chi connectivity index (χ3v) is 5.26. The fraction of sp³-hybridized carbons (Fsp3) is 0.706. The number of rotatable bonds is 3. The minimum atomic E-state index is -0.0721. The molecule has 126 valence electrons. The maximum absolute atomic E-state index is 12.7. The number of hydrogen-bond acceptors (Lipinski definition) is 4. The van der Waals surface area contributed by atoms with Gasteiger partial charge in [-0.05, 0) is 24.8 Å². The minimum Gasteiger partial charge on any atom is -0.363 e. The fourth-order valence-electron chi connectivity index (χ4n) is 4.37. The van der Waals surface area contributed by atoms with Gasteiger partial charge in [0.1, 0.15) is 5.82 Å². The van der Waals surface area contributed by atoms with Gasteiger partial charge in [-0.1, -0.05) is 26.7 Å². The van der Waals surface area contributed by atoms with Gasteiger partial charge >= 0.3 is 6.03 Å². The molecule has 1 aliphatic carbocycles. The van der Waals surface area contributed by atoms with Crippen molar-refractivity contribution in [3.05, 3.63) is 12.3 Å². The van der Waals surface area contributed by atoms with E-state index in [1.165, 1.54) is 25.7 Å². The third kappa shape index (κ3) is 2.86. The molecule has 1 aromatic heterocycles. The van der Waals surface area contributed by atoms with Gasteiger partial charge in [0.25, 0.3) is 0 Å². The Hall–Kier alpha value is -1.85. The highest BCUT2D eigenvalue weighted by Crippen LogP contribution is 2.52. The van der Waals surface area contributed by atoms with E-state index in [4.69, 9.17) is 0 Å². The average molecular weight is 317 g/mol. The maximum atomic E-state index is 12.7. The van der Waals surface area contributed by atoms with Crippen LogP contribution in [0.2, 0.25) is 0 Å². The number of carbonyl (C=O) groups is 1. The molecule has 1 saturated heterocycles. The van der Waals surface area contributed by atoms with Crippen LogP contribution in [0.1, 0.15) is 39.5 Å². The van der Waals surface area contributed by atoms with Gasteiger partial charge in [0.2, 0.25) is 5.95 Å². The first-order valence-electron chi connectivity index (χ1n) is 8.51. The van der Waals surface area contributed by atoms with Gasteiger partial charge in [0.05, 0.1) is 0 Å². The molecule has 0 aromatic carbocycles. The van der Waals surface area contributed by atoms with Gasteiger partial charge < -0.3 is 9.80 Å². The Morgan fingerprint density at radius 2 is 2.09 bits per heavy atom. The number of amides is 2. The third-order valence-electron chi connectivity index (χ3n) is 5.26. The summed E-state index contributed by atoms with van der Waals surface area (Å²) in [5.41, 5.74) is 0.359. The van der Waals surface area contributed by atoms with E-state index in [1.807, 2.05) is 30.0 Å². The molecule has 2 amide bonds. The van der Waals surface area contributed by atoms with E-state index < -0.39 is 0 Å². The van der Waals surface area contributed by atoms with Crippen molar-refractivity contribution < 1.29 is 4.79 Å². The Kier molecular flexibility index (Phi) is 4.17. The zero-order valence-electron chi connectivity index (χ0n) is 14.5. The van der Waals surface area contributed by atoms with Crippen molar-refractivity contribution in [1.29, 1.82) is 0 Å². The summed E-state index contributed by atoms with van der Waals surface area (Å²) >= 11 is 0. The lowest BCUT2D eigenvalue weighted by Crippen LogP contribution is -2.68. The van der Waals surface area contributed by atoms with Crippen LogP contribution in [0, 0.1) is 11.3 Å². The molecule has 2 aliphatic rings. The monoisotopic (exact) mass is 317 g/mol. The molecule has 2 fully saturated rings. The molecular weight excluding hydrogens is 290 g/mol. The lowest BCUT2D eigenvalue weighted by Gasteiger charge is -2.58. The molecular formula is C17H27N5O. The molecule has 1 saturated carbocycles. The number of urea groups is 1. The lowest BCUT2D eigenvalue weighted by atomic mass is 9.66. The van der Waals surface area contributed by atoms with Crippen LogP contribution in [0.25, 0.3) is 0 Å². The molecule has 23 heavy (non-hydrogen) atoms. The van der Waals surface area contributed by atoms with Gasteiger partial charge in [-0.2, -0.15) is 4.98 Å². The average Bonchev–Trinajstić information content (AvgIpc) is 2.95. The number of hydrogen-bond donors (Lipinski definition) is 1. The zero-order valence-corrected chi connectivity index (χ0v) is 14.5. The van der Waals surface area contributed by atoms with E-state index in [1.54, 1.807) is 6.20 Å². The summed E-state index contributed by atoms with van der Waals surface area (Å²) in [4.78, 5) is 25.1. The van der Waals surface area contributed by atoms with E-state index >= 15 is 0 Å². The van der Waals surface area contributed by atoms with Crippen molar-refractivity contribution in [3.8, 4) is 0 Å². The smallest absolute Gasteiger partial charge is 0.324 e. The van der Waals surface area contributed by atoms with Crippen LogP contribution in [0.5, 0.6) is 0 Å². The van der Waals surface area contributed by atoms with Crippen molar-refractivity contribution in [2.24, 2.45) is 11.3 Å². The maximum Gasteiger partial charge on any atom is 0.324 e. The van der Waals surface area contributed by atoms with Crippen molar-refractivity contribution in [2.45, 2.75) is 45.6 Å². The molecule has 0 bridgehead atoms. The van der Waals surface area contributed by atoms with E-state index in [2.05, 4.69) is 29.1 Å². The van der Waals surface area contributed by atoms with Crippen LogP contribution < -0.4 is 10.2 Å². The minimum absolute atomic E-state index is 0.0721. The van der Waals surface area contributed by atoms with Crippen molar-refractivity contribution in [3.63, 3.8) is 0 Å². The van der Waals surface area contributed by atoms with Crippen LogP contribution >= 0.6 is 0 Å². The summed E-state index contributed by atoms with van der Waals surface area (Å²) in [6, 6.07) is 2.09. The lowest BCUT2D eigenvalue weighted by molar-refractivity contribution is -0.0579. The SMILES string of the molecule is CC(C)C1N(C(=O)Nc2nccc(N(C)C)n2)CC12CCCC2. The highest BCUT2D eigenvalue weighted by atomic mass is 16.2. The first-order chi connectivity index (χ1) is 10.9. The van der Waals surface area contributed by atoms with E-state index in [0.29, 0.717) is 23.3 Å². The number of carbonyl (C=O) groups excluding carboxylic acids is 1. The van der Waals surface area contributed by atoms with Gasteiger partial charge in [0, 0.05) is 38.3 Å². The largest absolute Gasteiger partial charge is 0.363 e. The molecule has 2 heterocycles. The first-order valence-corrected chi connectivity index (χ1v) is 8.51. The van der Waals surface area contributed by atoms with Crippen LogP contribution in [0.15, 0.2) is 12.3 Å². The van der Waals surface area contributed by atoms with Crippen molar-refractivity contribution in [2.75, 3.05) is 30.9 Å². The van der Waals surface area contributed by atoms with E-state index in [0.717, 1.165) is 12.4 Å². The van der Waals surface area contributed by atoms with E-state index in [9.17, 15) is 4.79 Å². The summed E-state index contributed by atoms with van der Waals surface area (Å²) in [6.45, 7) is 5.30. The van der Waals surface area contributed by atoms with Crippen molar-refractivity contribution in [1.82, 2.24) is 14.9 Å². The van der Waals surface area contributed by atoms with E-state index in [-0.39, 0.29) is 6.03 Å². The highest BCUT2D eigenvalue weighted by molar-refractivity contribution is 5.88. The second kappa shape index (κ2) is 5.98. The quantitative estimate of drug-likeness (QED) is 0.931. The second-order valence-corrected chi connectivity index (χ2v) is 7.45. The van der Waals surface area contributed by atoms with Gasteiger partial charge in [-0.15, -0.1) is 0 Å². The predicted molar refractivity (Wildman–Crippen MR) is 91.6 cm³/mol. The van der Waals surface area contributed by atoms with Crippen LogP contribution in [-0.2, 0) is 0 Å². The predicted octanol–water partition coefficient (Wildman–Crippen LogP) is 2.98. The first kappa shape index (κ1) is 16.0. The normalized spacial score (nSPS) is 22.3. The number of likely N-dealkylation sites (tertiary alicyclic amines) is 1. The molecule has 0 radical (unpaired) electrons. The molecule has 1 aromatic rings.